The molecule has 3 aromatic rings. The van der Waals surface area contributed by atoms with Crippen LogP contribution in [0.5, 0.6) is 0 Å². The van der Waals surface area contributed by atoms with Crippen molar-refractivity contribution in [2.75, 3.05) is 23.8 Å². The number of aliphatic hydroxyl groups is 3. The van der Waals surface area contributed by atoms with E-state index in [1.807, 2.05) is 6.92 Å². The summed E-state index contributed by atoms with van der Waals surface area (Å²) in [6.45, 7) is 2.47. The number of nitrogens with one attached hydrogen (secondary N) is 2. The first-order valence-corrected chi connectivity index (χ1v) is 10.6. The van der Waals surface area contributed by atoms with Crippen molar-refractivity contribution in [2.45, 2.75) is 44.4 Å². The number of rotatable bonds is 7. The Morgan fingerprint density at radius 1 is 1.16 bits per heavy atom. The summed E-state index contributed by atoms with van der Waals surface area (Å²) in [6.07, 6.45) is 4.05. The van der Waals surface area contributed by atoms with Crippen LogP contribution >= 0.6 is 0 Å². The first-order chi connectivity index (χ1) is 15.0. The normalized spacial score (nSPS) is 25.8. The van der Waals surface area contributed by atoms with E-state index in [0.717, 1.165) is 6.54 Å². The van der Waals surface area contributed by atoms with Crippen LogP contribution in [0.4, 0.5) is 11.8 Å². The van der Waals surface area contributed by atoms with Gasteiger partial charge in [0.2, 0.25) is 11.8 Å². The molecule has 0 radical (unpaired) electrons. The molecule has 5 rings (SSSR count). The minimum atomic E-state index is -1.03. The van der Waals surface area contributed by atoms with Crippen molar-refractivity contribution in [3.8, 4) is 11.5 Å². The van der Waals surface area contributed by atoms with Gasteiger partial charge in [0, 0.05) is 31.3 Å². The Morgan fingerprint density at radius 3 is 2.71 bits per heavy atom. The number of pyridine rings is 1. The van der Waals surface area contributed by atoms with Crippen LogP contribution in [0.15, 0.2) is 22.9 Å². The van der Waals surface area contributed by atoms with Gasteiger partial charge in [-0.15, -0.1) is 0 Å². The molecule has 2 saturated carbocycles. The summed E-state index contributed by atoms with van der Waals surface area (Å²) in [6, 6.07) is 1.26. The van der Waals surface area contributed by atoms with Gasteiger partial charge in [-0.1, -0.05) is 0 Å². The molecule has 2 aliphatic carbocycles. The third-order valence-electron chi connectivity index (χ3n) is 6.10. The van der Waals surface area contributed by atoms with E-state index >= 15 is 0 Å². The Balaban J connectivity index is 1.52. The van der Waals surface area contributed by atoms with Gasteiger partial charge in [-0.05, 0) is 32.1 Å². The van der Waals surface area contributed by atoms with Crippen LogP contribution in [-0.2, 0) is 0 Å². The van der Waals surface area contributed by atoms with Gasteiger partial charge >= 0.3 is 0 Å². The number of hydrogen-bond acceptors (Lipinski definition) is 10. The summed E-state index contributed by atoms with van der Waals surface area (Å²) in [5, 5.41) is 36.7. The number of hydrogen-bond donors (Lipinski definition) is 5. The van der Waals surface area contributed by atoms with E-state index in [2.05, 4.69) is 30.6 Å². The van der Waals surface area contributed by atoms with Crippen molar-refractivity contribution in [3.63, 3.8) is 0 Å². The van der Waals surface area contributed by atoms with Crippen LogP contribution in [0, 0.1) is 18.8 Å². The van der Waals surface area contributed by atoms with E-state index in [9.17, 15) is 15.3 Å². The molecule has 0 aliphatic heterocycles. The largest absolute Gasteiger partial charge is 0.436 e. The molecule has 10 heteroatoms. The van der Waals surface area contributed by atoms with Crippen molar-refractivity contribution >= 4 is 22.9 Å². The number of oxazole rings is 1. The fraction of sp³-hybridized carbons (Fsp3) is 0.524. The lowest BCUT2D eigenvalue weighted by Gasteiger charge is -2.21. The summed E-state index contributed by atoms with van der Waals surface area (Å²) < 4.78 is 5.93. The molecule has 2 fully saturated rings. The molecule has 164 valence electrons. The summed E-state index contributed by atoms with van der Waals surface area (Å²) >= 11 is 0. The summed E-state index contributed by atoms with van der Waals surface area (Å²) in [5.41, 5.74) is 2.47. The fourth-order valence-electron chi connectivity index (χ4n) is 4.08. The van der Waals surface area contributed by atoms with Crippen LogP contribution in [0.1, 0.15) is 25.0 Å². The Labute approximate surface area is 178 Å². The standard InChI is InChI=1S/C21H26N6O4/c1-10-16(20-26-14-8-22-5-4-15(14)31-20)19(27-21(24-10)23-7-11-2-3-11)25-13-6-12(9-28)17(29)18(13)30/h4-5,8,11-13,17-18,28-30H,2-3,6-7,9H2,1H3,(H2,23,24,25,27)/t12-,13-,17-,18+/m1/s1. The molecular formula is C21H26N6O4. The van der Waals surface area contributed by atoms with Crippen molar-refractivity contribution < 1.29 is 19.7 Å². The van der Waals surface area contributed by atoms with Crippen molar-refractivity contribution in [3.05, 3.63) is 24.2 Å². The maximum Gasteiger partial charge on any atom is 0.232 e. The topological polar surface area (TPSA) is 149 Å². The smallest absolute Gasteiger partial charge is 0.232 e. The second-order valence-corrected chi connectivity index (χ2v) is 8.45. The monoisotopic (exact) mass is 426 g/mol. The minimum Gasteiger partial charge on any atom is -0.436 e. The molecule has 31 heavy (non-hydrogen) atoms. The highest BCUT2D eigenvalue weighted by molar-refractivity contribution is 5.80. The van der Waals surface area contributed by atoms with Crippen molar-refractivity contribution in [2.24, 2.45) is 11.8 Å². The van der Waals surface area contributed by atoms with Crippen molar-refractivity contribution in [1.82, 2.24) is 19.9 Å². The lowest BCUT2D eigenvalue weighted by molar-refractivity contribution is 0.00446. The predicted molar refractivity (Wildman–Crippen MR) is 113 cm³/mol. The van der Waals surface area contributed by atoms with E-state index in [-0.39, 0.29) is 6.61 Å². The molecule has 3 aromatic heterocycles. The number of aliphatic hydroxyl groups excluding tert-OH is 3. The number of nitrogens with zero attached hydrogens (tertiary/aromatic N) is 4. The number of aromatic nitrogens is 4. The quantitative estimate of drug-likeness (QED) is 0.374. The highest BCUT2D eigenvalue weighted by Crippen LogP contribution is 2.36. The molecule has 2 aliphatic rings. The Hall–Kier alpha value is -2.82. The molecule has 0 saturated heterocycles. The molecule has 5 N–H and O–H groups in total. The number of anilines is 2. The van der Waals surface area contributed by atoms with Crippen molar-refractivity contribution in [1.29, 1.82) is 0 Å². The molecule has 0 amide bonds. The average Bonchev–Trinajstić information content (AvgIpc) is 3.44. The van der Waals surface area contributed by atoms with Gasteiger partial charge < -0.3 is 30.4 Å². The molecule has 0 aromatic carbocycles. The molecule has 10 nitrogen and oxygen atoms in total. The average molecular weight is 426 g/mol. The third-order valence-corrected chi connectivity index (χ3v) is 6.10. The molecular weight excluding hydrogens is 400 g/mol. The van der Waals surface area contributed by atoms with E-state index in [1.165, 1.54) is 12.8 Å². The maximum absolute atomic E-state index is 10.5. The fourth-order valence-corrected chi connectivity index (χ4v) is 4.08. The zero-order valence-electron chi connectivity index (χ0n) is 17.2. The highest BCUT2D eigenvalue weighted by atomic mass is 16.3. The molecule has 3 heterocycles. The maximum atomic E-state index is 10.5. The summed E-state index contributed by atoms with van der Waals surface area (Å²) in [7, 11) is 0. The van der Waals surface area contributed by atoms with Gasteiger partial charge in [0.05, 0.1) is 24.0 Å². The van der Waals surface area contributed by atoms with Gasteiger partial charge in [-0.25, -0.2) is 9.97 Å². The zero-order chi connectivity index (χ0) is 21.5. The van der Waals surface area contributed by atoms with Gasteiger partial charge in [0.25, 0.3) is 0 Å². The van der Waals surface area contributed by atoms with Gasteiger partial charge in [-0.2, -0.15) is 4.98 Å². The SMILES string of the molecule is Cc1nc(NCC2CC2)nc(N[C@@H]2C[C@H](CO)[C@@H](O)[C@H]2O)c1-c1nc2cnccc2o1. The van der Waals surface area contributed by atoms with E-state index in [1.54, 1.807) is 18.5 Å². The van der Waals surface area contributed by atoms with Crippen LogP contribution in [0.2, 0.25) is 0 Å². The van der Waals surface area contributed by atoms with E-state index in [0.29, 0.717) is 52.4 Å². The Bertz CT molecular complexity index is 1050. The third kappa shape index (κ3) is 3.93. The van der Waals surface area contributed by atoms with Crippen LogP contribution in [-0.4, -0.2) is 66.7 Å². The first kappa shape index (κ1) is 20.1. The molecule has 0 spiro atoms. The van der Waals surface area contributed by atoms with E-state index < -0.39 is 24.2 Å². The Kier molecular flexibility index (Phi) is 5.20. The van der Waals surface area contributed by atoms with Crippen LogP contribution in [0.25, 0.3) is 22.6 Å². The second-order valence-electron chi connectivity index (χ2n) is 8.45. The summed E-state index contributed by atoms with van der Waals surface area (Å²) in [5.74, 6) is 1.55. The predicted octanol–water partition coefficient (Wildman–Crippen LogP) is 1.32. The van der Waals surface area contributed by atoms with Crippen LogP contribution in [0.3, 0.4) is 0 Å². The van der Waals surface area contributed by atoms with Gasteiger partial charge in [0.15, 0.2) is 5.58 Å². The lowest BCUT2D eigenvalue weighted by Crippen LogP contribution is -2.35. The summed E-state index contributed by atoms with van der Waals surface area (Å²) in [4.78, 5) is 17.9. The van der Waals surface area contributed by atoms with Gasteiger partial charge in [-0.3, -0.25) is 4.98 Å². The zero-order valence-corrected chi connectivity index (χ0v) is 17.2. The number of fused-ring (bicyclic) bond motifs is 1. The Morgan fingerprint density at radius 2 is 2.00 bits per heavy atom. The lowest BCUT2D eigenvalue weighted by atomic mass is 10.1. The molecule has 0 bridgehead atoms. The number of aryl methyl sites for hydroxylation is 1. The van der Waals surface area contributed by atoms with Gasteiger partial charge in [0.1, 0.15) is 23.0 Å². The molecule has 0 unspecified atom stereocenters. The first-order valence-electron chi connectivity index (χ1n) is 10.6. The molecule has 4 atom stereocenters. The van der Waals surface area contributed by atoms with Crippen LogP contribution < -0.4 is 10.6 Å². The van der Waals surface area contributed by atoms with E-state index in [4.69, 9.17) is 4.42 Å². The minimum absolute atomic E-state index is 0.196. The highest BCUT2D eigenvalue weighted by Gasteiger charge is 2.41. The second kappa shape index (κ2) is 8.03.